The van der Waals surface area contributed by atoms with Crippen molar-refractivity contribution >= 4 is 16.5 Å². The Balaban J connectivity index is 2.14. The fourth-order valence-electron chi connectivity index (χ4n) is 1.57. The van der Waals surface area contributed by atoms with Crippen LogP contribution in [0.15, 0.2) is 24.3 Å². The number of rotatable bonds is 3. The second kappa shape index (κ2) is 5.46. The molecule has 8 heteroatoms. The molecule has 0 atom stereocenters. The first kappa shape index (κ1) is 14.3. The molecule has 0 N–H and O–H groups in total. The fraction of sp³-hybridized carbons (Fsp3) is 0.250. The monoisotopic (exact) mass is 298 g/mol. The average Bonchev–Trinajstić information content (AvgIpc) is 2.88. The van der Waals surface area contributed by atoms with Crippen LogP contribution < -0.4 is 4.90 Å². The van der Waals surface area contributed by atoms with Gasteiger partial charge in [-0.05, 0) is 17.7 Å². The summed E-state index contributed by atoms with van der Waals surface area (Å²) < 4.78 is 37.3. The zero-order valence-corrected chi connectivity index (χ0v) is 11.2. The molecule has 1 heterocycles. The molecule has 0 unspecified atom stereocenters. The summed E-state index contributed by atoms with van der Waals surface area (Å²) >= 11 is 0.491. The van der Waals surface area contributed by atoms with E-state index in [0.717, 1.165) is 5.56 Å². The summed E-state index contributed by atoms with van der Waals surface area (Å²) in [6.45, 7) is 0.349. The zero-order chi connectivity index (χ0) is 14.8. The van der Waals surface area contributed by atoms with Gasteiger partial charge in [-0.2, -0.15) is 18.4 Å². The van der Waals surface area contributed by atoms with E-state index in [0.29, 0.717) is 23.4 Å². The third kappa shape index (κ3) is 3.24. The highest BCUT2D eigenvalue weighted by Crippen LogP contribution is 2.34. The van der Waals surface area contributed by atoms with Crippen LogP contribution in [0.25, 0.3) is 0 Å². The Morgan fingerprint density at radius 2 is 2.10 bits per heavy atom. The molecule has 2 rings (SSSR count). The molecule has 0 amide bonds. The number of anilines is 1. The summed E-state index contributed by atoms with van der Waals surface area (Å²) in [6, 6.07) is 8.88. The van der Waals surface area contributed by atoms with Crippen molar-refractivity contribution in [3.8, 4) is 6.07 Å². The number of benzene rings is 1. The smallest absolute Gasteiger partial charge is 0.345 e. The molecule has 0 aliphatic carbocycles. The topological polar surface area (TPSA) is 52.8 Å². The van der Waals surface area contributed by atoms with E-state index < -0.39 is 11.2 Å². The van der Waals surface area contributed by atoms with Crippen LogP contribution in [-0.4, -0.2) is 17.2 Å². The normalized spacial score (nSPS) is 11.2. The van der Waals surface area contributed by atoms with Crippen molar-refractivity contribution in [2.75, 3.05) is 11.9 Å². The molecule has 0 saturated heterocycles. The molecule has 0 fully saturated rings. The van der Waals surface area contributed by atoms with Crippen molar-refractivity contribution in [2.24, 2.45) is 0 Å². The van der Waals surface area contributed by atoms with Crippen LogP contribution in [0.2, 0.25) is 0 Å². The van der Waals surface area contributed by atoms with E-state index in [4.69, 9.17) is 5.26 Å². The van der Waals surface area contributed by atoms with Crippen molar-refractivity contribution < 1.29 is 13.2 Å². The van der Waals surface area contributed by atoms with E-state index in [1.807, 2.05) is 6.07 Å². The van der Waals surface area contributed by atoms with Gasteiger partial charge in [0.15, 0.2) is 0 Å². The number of alkyl halides is 3. The standard InChI is InChI=1S/C12H9F3N4S/c1-19(7-9-4-2-3-8(5-9)6-16)11-18-17-10(20-11)12(13,14)15/h2-5H,7H2,1H3. The predicted octanol–water partition coefficient (Wildman–Crippen LogP) is 3.06. The van der Waals surface area contributed by atoms with E-state index in [-0.39, 0.29) is 5.13 Å². The summed E-state index contributed by atoms with van der Waals surface area (Å²) in [5.74, 6) is 0. The predicted molar refractivity (Wildman–Crippen MR) is 68.2 cm³/mol. The summed E-state index contributed by atoms with van der Waals surface area (Å²) in [5, 5.41) is 14.7. The molecular weight excluding hydrogens is 289 g/mol. The lowest BCUT2D eigenvalue weighted by Crippen LogP contribution is -2.16. The molecule has 4 nitrogen and oxygen atoms in total. The lowest BCUT2D eigenvalue weighted by Gasteiger charge is -2.15. The van der Waals surface area contributed by atoms with Gasteiger partial charge in [0.05, 0.1) is 11.6 Å². The minimum atomic E-state index is -4.47. The number of aromatic nitrogens is 2. The molecule has 0 saturated carbocycles. The van der Waals surface area contributed by atoms with Crippen LogP contribution in [-0.2, 0) is 12.7 Å². The van der Waals surface area contributed by atoms with Gasteiger partial charge in [0, 0.05) is 13.6 Å². The van der Waals surface area contributed by atoms with Crippen molar-refractivity contribution in [2.45, 2.75) is 12.7 Å². The molecule has 0 radical (unpaired) electrons. The molecule has 0 aliphatic rings. The fourth-order valence-corrected chi connectivity index (χ4v) is 2.24. The number of hydrogen-bond donors (Lipinski definition) is 0. The molecule has 0 bridgehead atoms. The number of nitrogens with zero attached hydrogens (tertiary/aromatic N) is 4. The van der Waals surface area contributed by atoms with Gasteiger partial charge in [0.1, 0.15) is 0 Å². The Morgan fingerprint density at radius 1 is 1.35 bits per heavy atom. The first-order valence-corrected chi connectivity index (χ1v) is 6.32. The maximum absolute atomic E-state index is 12.4. The summed E-state index contributed by atoms with van der Waals surface area (Å²) in [4.78, 5) is 1.56. The minimum Gasteiger partial charge on any atom is -0.345 e. The summed E-state index contributed by atoms with van der Waals surface area (Å²) in [7, 11) is 1.62. The second-order valence-electron chi connectivity index (χ2n) is 4.06. The number of nitriles is 1. The second-order valence-corrected chi connectivity index (χ2v) is 5.01. The van der Waals surface area contributed by atoms with Crippen LogP contribution >= 0.6 is 11.3 Å². The molecule has 0 aliphatic heterocycles. The Morgan fingerprint density at radius 3 is 2.70 bits per heavy atom. The van der Waals surface area contributed by atoms with Crippen LogP contribution in [0, 0.1) is 11.3 Å². The van der Waals surface area contributed by atoms with Crippen molar-refractivity contribution in [3.63, 3.8) is 0 Å². The molecule has 0 spiro atoms. The number of hydrogen-bond acceptors (Lipinski definition) is 5. The summed E-state index contributed by atoms with van der Waals surface area (Å²) in [6.07, 6.45) is -4.47. The Labute approximate surface area is 117 Å². The van der Waals surface area contributed by atoms with Gasteiger partial charge in [-0.15, -0.1) is 10.2 Å². The van der Waals surface area contributed by atoms with E-state index in [2.05, 4.69) is 10.2 Å². The highest BCUT2D eigenvalue weighted by Gasteiger charge is 2.36. The minimum absolute atomic E-state index is 0.180. The zero-order valence-electron chi connectivity index (χ0n) is 10.3. The van der Waals surface area contributed by atoms with E-state index in [1.165, 1.54) is 0 Å². The Kier molecular flexibility index (Phi) is 3.90. The maximum atomic E-state index is 12.4. The van der Waals surface area contributed by atoms with Gasteiger partial charge in [-0.25, -0.2) is 0 Å². The third-order valence-corrected chi connectivity index (χ3v) is 3.54. The van der Waals surface area contributed by atoms with Gasteiger partial charge in [0.2, 0.25) is 10.1 Å². The first-order valence-electron chi connectivity index (χ1n) is 5.51. The van der Waals surface area contributed by atoms with Gasteiger partial charge < -0.3 is 4.90 Å². The maximum Gasteiger partial charge on any atom is 0.445 e. The molecule has 20 heavy (non-hydrogen) atoms. The van der Waals surface area contributed by atoms with Crippen molar-refractivity contribution in [1.82, 2.24) is 10.2 Å². The Hall–Kier alpha value is -2.14. The van der Waals surface area contributed by atoms with Crippen LogP contribution in [0.3, 0.4) is 0 Å². The average molecular weight is 298 g/mol. The lowest BCUT2D eigenvalue weighted by molar-refractivity contribution is -0.138. The van der Waals surface area contributed by atoms with E-state index in [9.17, 15) is 13.2 Å². The van der Waals surface area contributed by atoms with Crippen LogP contribution in [0.1, 0.15) is 16.1 Å². The molecule has 2 aromatic rings. The summed E-state index contributed by atoms with van der Waals surface area (Å²) in [5.41, 5.74) is 1.32. The van der Waals surface area contributed by atoms with Crippen LogP contribution in [0.4, 0.5) is 18.3 Å². The number of halogens is 3. The quantitative estimate of drug-likeness (QED) is 0.874. The molecule has 1 aromatic heterocycles. The first-order chi connectivity index (χ1) is 9.40. The Bertz CT molecular complexity index is 645. The lowest BCUT2D eigenvalue weighted by atomic mass is 10.1. The third-order valence-electron chi connectivity index (χ3n) is 2.46. The van der Waals surface area contributed by atoms with Crippen molar-refractivity contribution in [1.29, 1.82) is 5.26 Å². The van der Waals surface area contributed by atoms with Gasteiger partial charge >= 0.3 is 6.18 Å². The van der Waals surface area contributed by atoms with E-state index >= 15 is 0 Å². The molecule has 1 aromatic carbocycles. The van der Waals surface area contributed by atoms with Gasteiger partial charge in [-0.1, -0.05) is 23.5 Å². The molecule has 104 valence electrons. The van der Waals surface area contributed by atoms with Crippen molar-refractivity contribution in [3.05, 3.63) is 40.4 Å². The largest absolute Gasteiger partial charge is 0.445 e. The van der Waals surface area contributed by atoms with Gasteiger partial charge in [0.25, 0.3) is 0 Å². The van der Waals surface area contributed by atoms with Gasteiger partial charge in [-0.3, -0.25) is 0 Å². The van der Waals surface area contributed by atoms with Crippen LogP contribution in [0.5, 0.6) is 0 Å². The molecular formula is C12H9F3N4S. The highest BCUT2D eigenvalue weighted by molar-refractivity contribution is 7.15. The highest BCUT2D eigenvalue weighted by atomic mass is 32.1. The van der Waals surface area contributed by atoms with E-state index in [1.54, 1.807) is 36.2 Å². The SMILES string of the molecule is CN(Cc1cccc(C#N)c1)c1nnc(C(F)(F)F)s1.